The van der Waals surface area contributed by atoms with E-state index in [2.05, 4.69) is 5.32 Å². The van der Waals surface area contributed by atoms with Gasteiger partial charge < -0.3 is 20.1 Å². The van der Waals surface area contributed by atoms with Gasteiger partial charge in [0.05, 0.1) is 30.0 Å². The second-order valence-corrected chi connectivity index (χ2v) is 7.88. The monoisotopic (exact) mass is 472 g/mol. The average Bonchev–Trinajstić information content (AvgIpc) is 2.82. The summed E-state index contributed by atoms with van der Waals surface area (Å²) in [5, 5.41) is 13.1. The predicted molar refractivity (Wildman–Crippen MR) is 125 cm³/mol. The first-order valence-electron chi connectivity index (χ1n) is 11.0. The predicted octanol–water partition coefficient (Wildman–Crippen LogP) is 5.45. The number of anilines is 2. The Hall–Kier alpha value is -3.52. The van der Waals surface area contributed by atoms with Crippen LogP contribution in [0.2, 0.25) is 0 Å². The number of aryl methyl sites for hydroxylation is 1. The maximum atomic E-state index is 14.6. The van der Waals surface area contributed by atoms with Gasteiger partial charge in [0.2, 0.25) is 0 Å². The van der Waals surface area contributed by atoms with Gasteiger partial charge in [0.1, 0.15) is 23.8 Å². The van der Waals surface area contributed by atoms with Gasteiger partial charge in [0.25, 0.3) is 5.91 Å². The number of amides is 1. The number of likely N-dealkylation sites (tertiary alicyclic amines) is 1. The second kappa shape index (κ2) is 10.6. The topological polar surface area (TPSA) is 61.8 Å². The summed E-state index contributed by atoms with van der Waals surface area (Å²) >= 11 is 0. The molecule has 4 rings (SSSR count). The van der Waals surface area contributed by atoms with Gasteiger partial charge in [0.15, 0.2) is 11.6 Å². The molecular formula is C26H27F3N2O3. The molecule has 1 saturated heterocycles. The summed E-state index contributed by atoms with van der Waals surface area (Å²) in [5.74, 6) is -3.17. The summed E-state index contributed by atoms with van der Waals surface area (Å²) in [6.07, 6.45) is 0. The van der Waals surface area contributed by atoms with Gasteiger partial charge in [0, 0.05) is 0 Å². The van der Waals surface area contributed by atoms with Crippen molar-refractivity contribution in [3.8, 4) is 5.75 Å². The zero-order valence-corrected chi connectivity index (χ0v) is 19.2. The molecule has 180 valence electrons. The van der Waals surface area contributed by atoms with Crippen LogP contribution < -0.4 is 10.1 Å². The number of hydrogen-bond donors (Lipinski definition) is 2. The van der Waals surface area contributed by atoms with Crippen molar-refractivity contribution in [3.63, 3.8) is 0 Å². The molecule has 0 radical (unpaired) electrons. The van der Waals surface area contributed by atoms with E-state index in [1.54, 1.807) is 37.3 Å². The van der Waals surface area contributed by atoms with Crippen LogP contribution in [0.25, 0.3) is 0 Å². The molecule has 0 aliphatic carbocycles. The van der Waals surface area contributed by atoms with Gasteiger partial charge >= 0.3 is 0 Å². The molecule has 3 aromatic rings. The average molecular weight is 473 g/mol. The number of rotatable bonds is 6. The molecule has 3 aromatic carbocycles. The molecule has 34 heavy (non-hydrogen) atoms. The molecule has 0 unspecified atom stereocenters. The molecule has 5 nitrogen and oxygen atoms in total. The van der Waals surface area contributed by atoms with Crippen LogP contribution in [0.3, 0.4) is 0 Å². The third-order valence-electron chi connectivity index (χ3n) is 5.22. The first-order chi connectivity index (χ1) is 16.3. The number of carbonyl (C=O) groups is 1. The number of β-amino-alcohol motifs (C(OH)–C–C–N with tert-alkyl or cyclic N) is 1. The van der Waals surface area contributed by atoms with Crippen LogP contribution in [0.15, 0.2) is 60.7 Å². The van der Waals surface area contributed by atoms with Gasteiger partial charge in [-0.3, -0.25) is 4.79 Å². The Labute approximate surface area is 196 Å². The number of carbonyl (C=O) groups excluding carboxylic acids is 1. The summed E-state index contributed by atoms with van der Waals surface area (Å²) in [6, 6.07) is 15.1. The van der Waals surface area contributed by atoms with Crippen LogP contribution >= 0.6 is 0 Å². The second-order valence-electron chi connectivity index (χ2n) is 7.88. The fraction of sp³-hybridized carbons (Fsp3) is 0.269. The molecule has 8 heteroatoms. The zero-order chi connectivity index (χ0) is 24.9. The van der Waals surface area contributed by atoms with Gasteiger partial charge in [-0.25, -0.2) is 13.2 Å². The van der Waals surface area contributed by atoms with Crippen molar-refractivity contribution in [2.45, 2.75) is 26.4 Å². The molecule has 1 heterocycles. The highest BCUT2D eigenvalue weighted by Gasteiger charge is 2.45. The van der Waals surface area contributed by atoms with Crippen LogP contribution in [0.1, 0.15) is 29.8 Å². The van der Waals surface area contributed by atoms with Crippen molar-refractivity contribution in [1.29, 1.82) is 0 Å². The minimum absolute atomic E-state index is 0.0295. The maximum Gasteiger partial charge on any atom is 0.256 e. The molecular weight excluding hydrogens is 445 g/mol. The van der Waals surface area contributed by atoms with Crippen molar-refractivity contribution in [3.05, 3.63) is 89.2 Å². The van der Waals surface area contributed by atoms with E-state index in [-0.39, 0.29) is 30.9 Å². The first kappa shape index (κ1) is 25.1. The summed E-state index contributed by atoms with van der Waals surface area (Å²) < 4.78 is 48.2. The van der Waals surface area contributed by atoms with Gasteiger partial charge in [-0.2, -0.15) is 0 Å². The van der Waals surface area contributed by atoms with E-state index in [1.807, 2.05) is 19.9 Å². The van der Waals surface area contributed by atoms with Crippen molar-refractivity contribution < 1.29 is 27.8 Å². The van der Waals surface area contributed by atoms with Crippen LogP contribution in [0, 0.1) is 24.4 Å². The van der Waals surface area contributed by atoms with Crippen molar-refractivity contribution in [2.75, 3.05) is 25.0 Å². The van der Waals surface area contributed by atoms with Gasteiger partial charge in [-0.15, -0.1) is 0 Å². The van der Waals surface area contributed by atoms with E-state index in [0.29, 0.717) is 11.3 Å². The number of nitrogens with one attached hydrogen (secondary N) is 1. The Morgan fingerprint density at radius 2 is 1.71 bits per heavy atom. The fourth-order valence-corrected chi connectivity index (χ4v) is 3.51. The largest absolute Gasteiger partial charge is 0.490 e. The molecule has 0 aromatic heterocycles. The summed E-state index contributed by atoms with van der Waals surface area (Å²) in [5.41, 5.74) is -1.34. The van der Waals surface area contributed by atoms with E-state index < -0.39 is 34.6 Å². The molecule has 0 atom stereocenters. The number of para-hydroxylation sites is 1. The normalized spacial score (nSPS) is 13.9. The first-order valence-corrected chi connectivity index (χ1v) is 11.0. The molecule has 0 saturated carbocycles. The third-order valence-corrected chi connectivity index (χ3v) is 5.22. The lowest BCUT2D eigenvalue weighted by molar-refractivity contribution is -0.104. The van der Waals surface area contributed by atoms with E-state index in [1.165, 1.54) is 17.0 Å². The van der Waals surface area contributed by atoms with E-state index in [4.69, 9.17) is 4.74 Å². The number of aliphatic hydroxyl groups is 1. The number of ether oxygens (including phenoxy) is 1. The lowest BCUT2D eigenvalue weighted by Gasteiger charge is -2.46. The fourth-order valence-electron chi connectivity index (χ4n) is 3.51. The van der Waals surface area contributed by atoms with Gasteiger partial charge in [-0.05, 0) is 48.9 Å². The summed E-state index contributed by atoms with van der Waals surface area (Å²) in [7, 11) is 0. The van der Waals surface area contributed by atoms with Crippen molar-refractivity contribution in [2.24, 2.45) is 0 Å². The number of benzene rings is 3. The smallest absolute Gasteiger partial charge is 0.256 e. The molecule has 1 amide bonds. The highest BCUT2D eigenvalue weighted by molar-refractivity contribution is 6.01. The van der Waals surface area contributed by atoms with Crippen molar-refractivity contribution >= 4 is 17.3 Å². The van der Waals surface area contributed by atoms with Crippen LogP contribution in [-0.2, 0) is 0 Å². The number of nitrogens with zero attached hydrogens (tertiary/aromatic N) is 1. The quantitative estimate of drug-likeness (QED) is 0.501. The Morgan fingerprint density at radius 3 is 2.35 bits per heavy atom. The number of hydrogen-bond acceptors (Lipinski definition) is 4. The van der Waals surface area contributed by atoms with E-state index in [0.717, 1.165) is 12.1 Å². The highest BCUT2D eigenvalue weighted by Crippen LogP contribution is 2.32. The number of halogens is 3. The lowest BCUT2D eigenvalue weighted by Crippen LogP contribution is -2.66. The molecule has 1 aliphatic heterocycles. The minimum atomic E-state index is -1.29. The Morgan fingerprint density at radius 1 is 1.03 bits per heavy atom. The molecule has 2 N–H and O–H groups in total. The zero-order valence-electron chi connectivity index (χ0n) is 19.2. The molecule has 1 fully saturated rings. The highest BCUT2D eigenvalue weighted by atomic mass is 19.2. The van der Waals surface area contributed by atoms with E-state index in [9.17, 15) is 23.1 Å². The Balaban J connectivity index is 0.00000158. The van der Waals surface area contributed by atoms with E-state index >= 15 is 0 Å². The van der Waals surface area contributed by atoms with Crippen LogP contribution in [-0.4, -0.2) is 41.2 Å². The molecule has 1 aliphatic rings. The minimum Gasteiger partial charge on any atom is -0.490 e. The standard InChI is InChI=1S/C24H21F3N2O3.C2H6/c1-15-7-10-20(19(26)11-15)28-22-17(8-9-18(25)21(22)27)23(30)29-12-24(31,13-29)14-32-16-5-3-2-4-6-16;1-2/h2-11,28,31H,12-14H2,1H3;1-2H3. The molecule has 0 spiro atoms. The summed E-state index contributed by atoms with van der Waals surface area (Å²) in [6.45, 7) is 5.57. The SMILES string of the molecule is CC.Cc1ccc(Nc2c(C(=O)N3CC(O)(COc4ccccc4)C3)ccc(F)c2F)c(F)c1. The summed E-state index contributed by atoms with van der Waals surface area (Å²) in [4.78, 5) is 14.2. The molecule has 0 bridgehead atoms. The van der Waals surface area contributed by atoms with Crippen molar-refractivity contribution in [1.82, 2.24) is 4.90 Å². The lowest BCUT2D eigenvalue weighted by atomic mass is 9.94. The van der Waals surface area contributed by atoms with Crippen LogP contribution in [0.4, 0.5) is 24.5 Å². The van der Waals surface area contributed by atoms with Crippen LogP contribution in [0.5, 0.6) is 5.75 Å². The third kappa shape index (κ3) is 5.51. The maximum absolute atomic E-state index is 14.6. The van der Waals surface area contributed by atoms with Gasteiger partial charge in [-0.1, -0.05) is 38.1 Å². The Bertz CT molecular complexity index is 1150. The Kier molecular flexibility index (Phi) is 7.83.